The van der Waals surface area contributed by atoms with Crippen molar-refractivity contribution in [3.05, 3.63) is 46.1 Å². The molecule has 0 fully saturated rings. The summed E-state index contributed by atoms with van der Waals surface area (Å²) in [7, 11) is 0. The van der Waals surface area contributed by atoms with Crippen molar-refractivity contribution in [2.45, 2.75) is 34.1 Å². The number of allylic oxidation sites excluding steroid dienone is 1. The van der Waals surface area contributed by atoms with Crippen LogP contribution in [0.3, 0.4) is 0 Å². The minimum absolute atomic E-state index is 1.10. The molecule has 0 unspecified atom stereocenters. The molecule has 0 aromatic heterocycles. The molecule has 0 heterocycles. The number of hydrogen-bond donors (Lipinski definition) is 0. The first-order valence-electron chi connectivity index (χ1n) is 6.50. The number of benzene rings is 1. The van der Waals surface area contributed by atoms with Gasteiger partial charge in [-0.25, -0.2) is 0 Å². The molecule has 0 saturated carbocycles. The van der Waals surface area contributed by atoms with Crippen molar-refractivity contribution in [2.24, 2.45) is 0 Å². The average Bonchev–Trinajstić information content (AvgIpc) is 2.41. The van der Waals surface area contributed by atoms with Gasteiger partial charge in [-0.1, -0.05) is 0 Å². The molecule has 1 rings (SSSR count). The normalized spacial score (nSPS) is 11.2. The molecule has 0 aliphatic carbocycles. The van der Waals surface area contributed by atoms with Gasteiger partial charge in [0.2, 0.25) is 0 Å². The van der Waals surface area contributed by atoms with Crippen LogP contribution in [0.2, 0.25) is 13.3 Å². The molecule has 0 spiro atoms. The van der Waals surface area contributed by atoms with E-state index in [1.54, 1.807) is 0 Å². The van der Waals surface area contributed by atoms with Crippen molar-refractivity contribution < 1.29 is 0 Å². The van der Waals surface area contributed by atoms with Gasteiger partial charge in [0.15, 0.2) is 0 Å². The van der Waals surface area contributed by atoms with E-state index in [1.165, 1.54) is 13.3 Å². The van der Waals surface area contributed by atoms with E-state index in [2.05, 4.69) is 54.9 Å². The van der Waals surface area contributed by atoms with E-state index in [1.807, 2.05) is 18.2 Å². The van der Waals surface area contributed by atoms with Gasteiger partial charge in [-0.05, 0) is 0 Å². The van der Waals surface area contributed by atoms with Gasteiger partial charge in [-0.2, -0.15) is 0 Å². The molecule has 90 valence electrons. The van der Waals surface area contributed by atoms with Gasteiger partial charge in [0.1, 0.15) is 0 Å². The zero-order valence-electron chi connectivity index (χ0n) is 11.2. The van der Waals surface area contributed by atoms with E-state index in [9.17, 15) is 0 Å². The predicted octanol–water partition coefficient (Wildman–Crippen LogP) is 4.64. The Morgan fingerprint density at radius 3 is 2.12 bits per heavy atom. The van der Waals surface area contributed by atoms with Crippen molar-refractivity contribution >= 4 is 18.4 Å². The first kappa shape index (κ1) is 14.4. The van der Waals surface area contributed by atoms with Crippen molar-refractivity contribution in [1.82, 2.24) is 0 Å². The summed E-state index contributed by atoms with van der Waals surface area (Å²) in [5, 5.41) is 0. The molecule has 0 amide bonds. The third-order valence-corrected chi connectivity index (χ3v) is 18.2. The van der Waals surface area contributed by atoms with Crippen molar-refractivity contribution in [1.29, 1.82) is 0 Å². The molecule has 17 heavy (non-hydrogen) atoms. The summed E-state index contributed by atoms with van der Waals surface area (Å²) >= 11 is -1.90. The second kappa shape index (κ2) is 7.61. The molecule has 1 aromatic carbocycles. The van der Waals surface area contributed by atoms with Gasteiger partial charge in [-0.3, -0.25) is 0 Å². The Morgan fingerprint density at radius 1 is 1.00 bits per heavy atom. The monoisotopic (exact) mass is 334 g/mol. The summed E-state index contributed by atoms with van der Waals surface area (Å²) < 4.78 is 6.67. The Bertz CT molecular complexity index is 394. The SMILES string of the molecule is C[CH2][Sn]([CH]=CC#Cc1ccccc1)([CH2]C)[CH2]C. The van der Waals surface area contributed by atoms with Crippen LogP contribution in [0.4, 0.5) is 0 Å². The van der Waals surface area contributed by atoms with E-state index in [0.29, 0.717) is 0 Å². The van der Waals surface area contributed by atoms with Crippen molar-refractivity contribution in [3.8, 4) is 11.8 Å². The first-order chi connectivity index (χ1) is 8.26. The van der Waals surface area contributed by atoms with E-state index in [4.69, 9.17) is 0 Å². The third kappa shape index (κ3) is 4.59. The van der Waals surface area contributed by atoms with Crippen LogP contribution in [0.1, 0.15) is 26.3 Å². The third-order valence-electron chi connectivity index (χ3n) is 3.62. The van der Waals surface area contributed by atoms with Crippen LogP contribution >= 0.6 is 0 Å². The molecule has 0 atom stereocenters. The van der Waals surface area contributed by atoms with E-state index in [-0.39, 0.29) is 0 Å². The minimum atomic E-state index is -1.90. The first-order valence-corrected chi connectivity index (χ1v) is 14.2. The van der Waals surface area contributed by atoms with Gasteiger partial charge >= 0.3 is 110 Å². The predicted molar refractivity (Wildman–Crippen MR) is 79.7 cm³/mol. The Labute approximate surface area is 110 Å². The zero-order valence-corrected chi connectivity index (χ0v) is 14.0. The second-order valence-corrected chi connectivity index (χ2v) is 19.2. The summed E-state index contributed by atoms with van der Waals surface area (Å²) in [5.74, 6) is 6.37. The van der Waals surface area contributed by atoms with Crippen LogP contribution in [0.5, 0.6) is 0 Å². The van der Waals surface area contributed by atoms with E-state index in [0.717, 1.165) is 5.56 Å². The van der Waals surface area contributed by atoms with Crippen LogP contribution < -0.4 is 0 Å². The molecule has 0 bridgehead atoms. The molecule has 1 heteroatoms. The summed E-state index contributed by atoms with van der Waals surface area (Å²) in [6, 6.07) is 10.2. The number of hydrogen-bond acceptors (Lipinski definition) is 0. The Kier molecular flexibility index (Phi) is 6.43. The molecule has 0 aliphatic heterocycles. The molecule has 0 saturated heterocycles. The van der Waals surface area contributed by atoms with Crippen LogP contribution in [-0.4, -0.2) is 18.4 Å². The van der Waals surface area contributed by atoms with Gasteiger partial charge in [0, 0.05) is 0 Å². The molecule has 0 N–H and O–H groups in total. The maximum absolute atomic E-state index is 3.19. The fraction of sp³-hybridized carbons (Fsp3) is 0.375. The quantitative estimate of drug-likeness (QED) is 0.556. The standard InChI is InChI=1S/C10H7.3C2H5.Sn/c1-2-3-7-10-8-5-4-6-9-10;3*1-2;/h1-2,4-6,8-9H;3*1H2,2H3;. The summed E-state index contributed by atoms with van der Waals surface area (Å²) in [6.07, 6.45) is 2.11. The fourth-order valence-electron chi connectivity index (χ4n) is 1.97. The average molecular weight is 333 g/mol. The topological polar surface area (TPSA) is 0 Å². The molecular weight excluding hydrogens is 311 g/mol. The number of rotatable bonds is 4. The van der Waals surface area contributed by atoms with Gasteiger partial charge in [0.05, 0.1) is 0 Å². The Morgan fingerprint density at radius 2 is 1.59 bits per heavy atom. The van der Waals surface area contributed by atoms with Gasteiger partial charge < -0.3 is 0 Å². The molecule has 0 nitrogen and oxygen atoms in total. The molecule has 1 aromatic rings. The van der Waals surface area contributed by atoms with Gasteiger partial charge in [-0.15, -0.1) is 0 Å². The van der Waals surface area contributed by atoms with Crippen LogP contribution in [0, 0.1) is 11.8 Å². The van der Waals surface area contributed by atoms with Gasteiger partial charge in [0.25, 0.3) is 0 Å². The Hall–Kier alpha value is -0.681. The summed E-state index contributed by atoms with van der Waals surface area (Å²) in [5.41, 5.74) is 1.10. The molecule has 0 aliphatic rings. The molecular formula is C16H22Sn. The van der Waals surface area contributed by atoms with E-state index < -0.39 is 18.4 Å². The second-order valence-electron chi connectivity index (χ2n) is 4.39. The van der Waals surface area contributed by atoms with Crippen LogP contribution in [0.15, 0.2) is 40.5 Å². The van der Waals surface area contributed by atoms with Crippen LogP contribution in [-0.2, 0) is 0 Å². The van der Waals surface area contributed by atoms with Crippen LogP contribution in [0.25, 0.3) is 0 Å². The molecule has 0 radical (unpaired) electrons. The van der Waals surface area contributed by atoms with Crippen molar-refractivity contribution in [3.63, 3.8) is 0 Å². The summed E-state index contributed by atoms with van der Waals surface area (Å²) in [6.45, 7) is 7.04. The summed E-state index contributed by atoms with van der Waals surface area (Å²) in [4.78, 5) is 0. The maximum atomic E-state index is 3.19. The van der Waals surface area contributed by atoms with E-state index >= 15 is 0 Å². The Balaban J connectivity index is 2.70. The fourth-order valence-corrected chi connectivity index (χ4v) is 9.51. The zero-order chi connectivity index (χ0) is 12.6. The van der Waals surface area contributed by atoms with Crippen molar-refractivity contribution in [2.75, 3.05) is 0 Å².